The summed E-state index contributed by atoms with van der Waals surface area (Å²) in [5.74, 6) is -0.341. The molecular formula is C20H24N4O2. The van der Waals surface area contributed by atoms with Gasteiger partial charge in [-0.1, -0.05) is 12.1 Å². The molecule has 1 aliphatic rings. The van der Waals surface area contributed by atoms with Crippen molar-refractivity contribution in [3.8, 4) is 0 Å². The van der Waals surface area contributed by atoms with Crippen LogP contribution in [-0.2, 0) is 0 Å². The summed E-state index contributed by atoms with van der Waals surface area (Å²) in [6.45, 7) is 7.01. The van der Waals surface area contributed by atoms with Crippen molar-refractivity contribution in [1.29, 1.82) is 0 Å². The minimum Gasteiger partial charge on any atom is -0.336 e. The van der Waals surface area contributed by atoms with E-state index < -0.39 is 0 Å². The van der Waals surface area contributed by atoms with Crippen LogP contribution < -0.4 is 5.32 Å². The van der Waals surface area contributed by atoms with Crippen LogP contribution in [-0.4, -0.2) is 59.8 Å². The van der Waals surface area contributed by atoms with E-state index in [-0.39, 0.29) is 11.8 Å². The predicted octanol–water partition coefficient (Wildman–Crippen LogP) is 2.34. The molecule has 3 rings (SSSR count). The summed E-state index contributed by atoms with van der Waals surface area (Å²) < 4.78 is 0. The molecule has 1 saturated heterocycles. The molecule has 0 saturated carbocycles. The predicted molar refractivity (Wildman–Crippen MR) is 102 cm³/mol. The highest BCUT2D eigenvalue weighted by Crippen LogP contribution is 2.18. The highest BCUT2D eigenvalue weighted by molar-refractivity contribution is 6.06. The zero-order chi connectivity index (χ0) is 18.7. The Morgan fingerprint density at radius 2 is 1.69 bits per heavy atom. The van der Waals surface area contributed by atoms with Crippen molar-refractivity contribution in [2.45, 2.75) is 13.8 Å². The van der Waals surface area contributed by atoms with Crippen LogP contribution in [0.15, 0.2) is 36.7 Å². The average molecular weight is 352 g/mol. The van der Waals surface area contributed by atoms with E-state index in [1.54, 1.807) is 6.07 Å². The number of amides is 2. The molecule has 0 radical (unpaired) electrons. The van der Waals surface area contributed by atoms with Crippen LogP contribution in [0.4, 0.5) is 5.69 Å². The van der Waals surface area contributed by atoms with E-state index >= 15 is 0 Å². The molecule has 1 fully saturated rings. The Hall–Kier alpha value is -2.73. The highest BCUT2D eigenvalue weighted by atomic mass is 16.2. The van der Waals surface area contributed by atoms with Crippen LogP contribution in [0.5, 0.6) is 0 Å². The molecule has 1 aromatic heterocycles. The lowest BCUT2D eigenvalue weighted by molar-refractivity contribution is 0.0663. The third kappa shape index (κ3) is 4.08. The first kappa shape index (κ1) is 18.1. The van der Waals surface area contributed by atoms with Gasteiger partial charge in [0.2, 0.25) is 0 Å². The smallest absolute Gasteiger partial charge is 0.257 e. The van der Waals surface area contributed by atoms with E-state index in [9.17, 15) is 9.59 Å². The summed E-state index contributed by atoms with van der Waals surface area (Å²) in [6, 6.07) is 7.52. The van der Waals surface area contributed by atoms with Gasteiger partial charge in [-0.3, -0.25) is 14.6 Å². The van der Waals surface area contributed by atoms with E-state index in [4.69, 9.17) is 0 Å². The summed E-state index contributed by atoms with van der Waals surface area (Å²) in [7, 11) is 2.04. The highest BCUT2D eigenvalue weighted by Gasteiger charge is 2.21. The maximum absolute atomic E-state index is 12.7. The molecule has 1 N–H and O–H groups in total. The standard InChI is InChI=1S/C20H24N4O2/c1-14-4-5-15(2)18(10-14)22-19(25)16-11-17(13-21-12-16)20(26)24-8-6-23(3)7-9-24/h4-5,10-13H,6-9H2,1-3H3,(H,22,25). The molecule has 6 nitrogen and oxygen atoms in total. The van der Waals surface area contributed by atoms with Gasteiger partial charge < -0.3 is 15.1 Å². The zero-order valence-corrected chi connectivity index (χ0v) is 15.5. The molecule has 1 aromatic carbocycles. The van der Waals surface area contributed by atoms with Crippen LogP contribution in [0.2, 0.25) is 0 Å². The average Bonchev–Trinajstić information content (AvgIpc) is 2.65. The second kappa shape index (κ2) is 7.66. The Bertz CT molecular complexity index is 826. The molecule has 0 atom stereocenters. The van der Waals surface area contributed by atoms with Gasteiger partial charge in [0, 0.05) is 44.3 Å². The fourth-order valence-electron chi connectivity index (χ4n) is 2.94. The van der Waals surface area contributed by atoms with Gasteiger partial charge >= 0.3 is 0 Å². The molecule has 0 spiro atoms. The van der Waals surface area contributed by atoms with Crippen LogP contribution >= 0.6 is 0 Å². The number of rotatable bonds is 3. The number of hydrogen-bond donors (Lipinski definition) is 1. The van der Waals surface area contributed by atoms with Gasteiger partial charge in [0.1, 0.15) is 0 Å². The third-order valence-electron chi connectivity index (χ3n) is 4.68. The van der Waals surface area contributed by atoms with Crippen molar-refractivity contribution < 1.29 is 9.59 Å². The number of likely N-dealkylation sites (N-methyl/N-ethyl adjacent to an activating group) is 1. The molecule has 1 aliphatic heterocycles. The fourth-order valence-corrected chi connectivity index (χ4v) is 2.94. The van der Waals surface area contributed by atoms with Crippen molar-refractivity contribution in [3.05, 3.63) is 58.9 Å². The molecule has 0 unspecified atom stereocenters. The number of pyridine rings is 1. The number of carbonyl (C=O) groups excluding carboxylic acids is 2. The topological polar surface area (TPSA) is 65.5 Å². The number of piperazine rings is 1. The first-order valence-electron chi connectivity index (χ1n) is 8.75. The monoisotopic (exact) mass is 352 g/mol. The fraction of sp³-hybridized carbons (Fsp3) is 0.350. The van der Waals surface area contributed by atoms with E-state index in [1.807, 2.05) is 44.0 Å². The van der Waals surface area contributed by atoms with E-state index in [0.29, 0.717) is 24.2 Å². The van der Waals surface area contributed by atoms with Gasteiger partial charge in [0.15, 0.2) is 0 Å². The molecule has 2 aromatic rings. The van der Waals surface area contributed by atoms with Crippen LogP contribution in [0.1, 0.15) is 31.8 Å². The summed E-state index contributed by atoms with van der Waals surface area (Å²) in [5, 5.41) is 2.91. The van der Waals surface area contributed by atoms with Crippen LogP contribution in [0.3, 0.4) is 0 Å². The maximum atomic E-state index is 12.7. The van der Waals surface area contributed by atoms with Crippen LogP contribution in [0.25, 0.3) is 0 Å². The number of hydrogen-bond acceptors (Lipinski definition) is 4. The second-order valence-corrected chi connectivity index (χ2v) is 6.83. The van der Waals surface area contributed by atoms with Crippen molar-refractivity contribution in [2.75, 3.05) is 38.5 Å². The quantitative estimate of drug-likeness (QED) is 0.921. The molecule has 2 heterocycles. The number of carbonyl (C=O) groups is 2. The van der Waals surface area contributed by atoms with Gasteiger partial charge in [-0.05, 0) is 44.2 Å². The molecule has 136 valence electrons. The number of benzene rings is 1. The first-order valence-corrected chi connectivity index (χ1v) is 8.75. The van der Waals surface area contributed by atoms with Gasteiger partial charge in [-0.2, -0.15) is 0 Å². The molecule has 2 amide bonds. The Morgan fingerprint density at radius 1 is 1.00 bits per heavy atom. The third-order valence-corrected chi connectivity index (χ3v) is 4.68. The Labute approximate surface area is 153 Å². The maximum Gasteiger partial charge on any atom is 0.257 e. The lowest BCUT2D eigenvalue weighted by Gasteiger charge is -2.32. The van der Waals surface area contributed by atoms with E-state index in [1.165, 1.54) is 12.4 Å². The summed E-state index contributed by atoms with van der Waals surface area (Å²) in [4.78, 5) is 33.4. The first-order chi connectivity index (χ1) is 12.4. The SMILES string of the molecule is Cc1ccc(C)c(NC(=O)c2cncc(C(=O)N3CCN(C)CC3)c2)c1. The molecule has 0 aliphatic carbocycles. The number of nitrogens with one attached hydrogen (secondary N) is 1. The minimum atomic E-state index is -0.265. The second-order valence-electron chi connectivity index (χ2n) is 6.83. The summed E-state index contributed by atoms with van der Waals surface area (Å²) >= 11 is 0. The van der Waals surface area contributed by atoms with Crippen molar-refractivity contribution in [2.24, 2.45) is 0 Å². The molecular weight excluding hydrogens is 328 g/mol. The van der Waals surface area contributed by atoms with Crippen molar-refractivity contribution >= 4 is 17.5 Å². The van der Waals surface area contributed by atoms with Gasteiger partial charge in [0.25, 0.3) is 11.8 Å². The van der Waals surface area contributed by atoms with Crippen molar-refractivity contribution in [3.63, 3.8) is 0 Å². The number of aryl methyl sites for hydroxylation is 2. The molecule has 0 bridgehead atoms. The Kier molecular flexibility index (Phi) is 5.32. The number of anilines is 1. The Morgan fingerprint density at radius 3 is 2.42 bits per heavy atom. The van der Waals surface area contributed by atoms with E-state index in [0.717, 1.165) is 29.9 Å². The lowest BCUT2D eigenvalue weighted by atomic mass is 10.1. The van der Waals surface area contributed by atoms with Gasteiger partial charge in [-0.25, -0.2) is 0 Å². The molecule has 6 heteroatoms. The number of nitrogens with zero attached hydrogens (tertiary/aromatic N) is 3. The summed E-state index contributed by atoms with van der Waals surface area (Å²) in [6.07, 6.45) is 3.01. The normalized spacial score (nSPS) is 15.0. The largest absolute Gasteiger partial charge is 0.336 e. The molecule has 26 heavy (non-hydrogen) atoms. The number of aromatic nitrogens is 1. The van der Waals surface area contributed by atoms with E-state index in [2.05, 4.69) is 15.2 Å². The van der Waals surface area contributed by atoms with Crippen molar-refractivity contribution in [1.82, 2.24) is 14.8 Å². The minimum absolute atomic E-state index is 0.0769. The van der Waals surface area contributed by atoms with Gasteiger partial charge in [-0.15, -0.1) is 0 Å². The lowest BCUT2D eigenvalue weighted by Crippen LogP contribution is -2.47. The van der Waals surface area contributed by atoms with Crippen LogP contribution in [0, 0.1) is 13.8 Å². The zero-order valence-electron chi connectivity index (χ0n) is 15.5. The summed E-state index contributed by atoms with van der Waals surface area (Å²) in [5.41, 5.74) is 3.66. The Balaban J connectivity index is 1.75. The van der Waals surface area contributed by atoms with Gasteiger partial charge in [0.05, 0.1) is 11.1 Å².